The topological polar surface area (TPSA) is 72.8 Å². The molecule has 0 fully saturated rings. The maximum absolute atomic E-state index is 12.3. The van der Waals surface area contributed by atoms with Crippen molar-refractivity contribution in [1.82, 2.24) is 0 Å². The number of ketones is 1. The predicted molar refractivity (Wildman–Crippen MR) is 88.0 cm³/mol. The molecule has 0 aliphatic rings. The van der Waals surface area contributed by atoms with Crippen LogP contribution in [0, 0.1) is 0 Å². The van der Waals surface area contributed by atoms with E-state index in [0.29, 0.717) is 15.8 Å². The highest BCUT2D eigenvalue weighted by Gasteiger charge is 2.22. The average Bonchev–Trinajstić information content (AvgIpc) is 2.56. The molecule has 0 spiro atoms. The zero-order chi connectivity index (χ0) is 17.0. The van der Waals surface area contributed by atoms with E-state index in [0.717, 1.165) is 0 Å². The van der Waals surface area contributed by atoms with Crippen molar-refractivity contribution in [2.24, 2.45) is 0 Å². The van der Waals surface area contributed by atoms with Crippen molar-refractivity contribution >= 4 is 27.7 Å². The number of phenolic OH excluding ortho intramolecular Hbond substituents is 1. The summed E-state index contributed by atoms with van der Waals surface area (Å²) in [5.41, 5.74) is 0.401. The molecular weight excluding hydrogens is 364 g/mol. The summed E-state index contributed by atoms with van der Waals surface area (Å²) in [7, 11) is 1.53. The molecule has 1 atom stereocenters. The van der Waals surface area contributed by atoms with Crippen LogP contribution in [0.3, 0.4) is 0 Å². The normalized spacial score (nSPS) is 11.6. The number of hydrogen-bond acceptors (Lipinski definition) is 5. The number of esters is 1. The number of phenols is 1. The van der Waals surface area contributed by atoms with Gasteiger partial charge in [0.2, 0.25) is 5.78 Å². The Bertz CT molecular complexity index is 724. The summed E-state index contributed by atoms with van der Waals surface area (Å²) in [5, 5.41) is 9.71. The van der Waals surface area contributed by atoms with Gasteiger partial charge in [0.05, 0.1) is 7.11 Å². The number of methoxy groups -OCH3 is 1. The first-order valence-electron chi connectivity index (χ1n) is 6.80. The monoisotopic (exact) mass is 378 g/mol. The molecule has 1 N–H and O–H groups in total. The highest BCUT2D eigenvalue weighted by atomic mass is 79.9. The van der Waals surface area contributed by atoms with E-state index in [1.54, 1.807) is 30.3 Å². The molecule has 0 saturated heterocycles. The van der Waals surface area contributed by atoms with Gasteiger partial charge in [-0.05, 0) is 49.4 Å². The minimum atomic E-state index is -0.978. The maximum atomic E-state index is 12.3. The molecule has 0 bridgehead atoms. The Morgan fingerprint density at radius 2 is 1.78 bits per heavy atom. The summed E-state index contributed by atoms with van der Waals surface area (Å²) in [6.45, 7) is 1.49. The smallest absolute Gasteiger partial charge is 0.342 e. The molecule has 0 amide bonds. The molecule has 120 valence electrons. The molecule has 23 heavy (non-hydrogen) atoms. The number of rotatable bonds is 5. The van der Waals surface area contributed by atoms with Crippen LogP contribution in [0.1, 0.15) is 27.6 Å². The zero-order valence-electron chi connectivity index (χ0n) is 12.6. The van der Waals surface area contributed by atoms with Gasteiger partial charge < -0.3 is 14.6 Å². The fraction of sp³-hybridized carbons (Fsp3) is 0.176. The molecule has 2 aromatic rings. The largest absolute Gasteiger partial charge is 0.507 e. The lowest BCUT2D eigenvalue weighted by Gasteiger charge is -2.13. The SMILES string of the molecule is COc1ccc(C(=O)[C@H](C)OC(=O)c2cc(Br)ccc2O)cc1. The highest BCUT2D eigenvalue weighted by molar-refractivity contribution is 9.10. The Morgan fingerprint density at radius 1 is 1.13 bits per heavy atom. The first-order chi connectivity index (χ1) is 10.9. The number of carbonyl (C=O) groups is 2. The van der Waals surface area contributed by atoms with Crippen LogP contribution in [0.25, 0.3) is 0 Å². The van der Waals surface area contributed by atoms with Gasteiger partial charge in [-0.2, -0.15) is 0 Å². The van der Waals surface area contributed by atoms with Crippen molar-refractivity contribution in [2.75, 3.05) is 7.11 Å². The second kappa shape index (κ2) is 7.28. The van der Waals surface area contributed by atoms with Crippen molar-refractivity contribution in [3.8, 4) is 11.5 Å². The summed E-state index contributed by atoms with van der Waals surface area (Å²) in [4.78, 5) is 24.4. The van der Waals surface area contributed by atoms with Crippen LogP contribution in [-0.4, -0.2) is 30.1 Å². The first-order valence-corrected chi connectivity index (χ1v) is 7.59. The summed E-state index contributed by atoms with van der Waals surface area (Å²) in [6, 6.07) is 10.9. The van der Waals surface area contributed by atoms with Crippen molar-refractivity contribution in [3.05, 3.63) is 58.1 Å². The lowest BCUT2D eigenvalue weighted by atomic mass is 10.1. The van der Waals surface area contributed by atoms with Crippen molar-refractivity contribution in [1.29, 1.82) is 0 Å². The Morgan fingerprint density at radius 3 is 2.39 bits per heavy atom. The van der Waals surface area contributed by atoms with Crippen LogP contribution in [0.4, 0.5) is 0 Å². The minimum absolute atomic E-state index is 0.00578. The zero-order valence-corrected chi connectivity index (χ0v) is 14.2. The van der Waals surface area contributed by atoms with E-state index in [1.807, 2.05) is 0 Å². The molecule has 0 aliphatic heterocycles. The van der Waals surface area contributed by atoms with Gasteiger partial charge in [0, 0.05) is 10.0 Å². The van der Waals surface area contributed by atoms with Crippen LogP contribution in [0.2, 0.25) is 0 Å². The van der Waals surface area contributed by atoms with Gasteiger partial charge in [-0.15, -0.1) is 0 Å². The van der Waals surface area contributed by atoms with Gasteiger partial charge in [-0.25, -0.2) is 4.79 Å². The molecule has 0 aliphatic carbocycles. The van der Waals surface area contributed by atoms with Crippen LogP contribution in [0.15, 0.2) is 46.9 Å². The summed E-state index contributed by atoms with van der Waals surface area (Å²) < 4.78 is 10.8. The molecule has 2 aromatic carbocycles. The van der Waals surface area contributed by atoms with Gasteiger partial charge in [0.25, 0.3) is 0 Å². The average molecular weight is 379 g/mol. The Balaban J connectivity index is 2.10. The molecule has 2 rings (SSSR count). The van der Waals surface area contributed by atoms with Gasteiger partial charge in [0.1, 0.15) is 17.1 Å². The number of Topliss-reactive ketones (excluding diaryl/α,β-unsaturated/α-hetero) is 1. The standard InChI is InChI=1S/C17H15BrO5/c1-10(16(20)11-3-6-13(22-2)7-4-11)23-17(21)14-9-12(18)5-8-15(14)19/h3-10,19H,1-2H3/t10-/m0/s1. The maximum Gasteiger partial charge on any atom is 0.342 e. The first kappa shape index (κ1) is 17.0. The molecule has 0 aromatic heterocycles. The molecule has 0 heterocycles. The number of hydrogen-bond donors (Lipinski definition) is 1. The Labute approximate surface area is 142 Å². The van der Waals surface area contributed by atoms with E-state index in [2.05, 4.69) is 15.9 Å². The van der Waals surface area contributed by atoms with Crippen molar-refractivity contribution < 1.29 is 24.2 Å². The second-order valence-corrected chi connectivity index (χ2v) is 5.72. The summed E-state index contributed by atoms with van der Waals surface area (Å²) >= 11 is 3.21. The third-order valence-electron chi connectivity index (χ3n) is 3.21. The van der Waals surface area contributed by atoms with Crippen LogP contribution < -0.4 is 4.74 Å². The molecule has 5 nitrogen and oxygen atoms in total. The summed E-state index contributed by atoms with van der Waals surface area (Å²) in [5.74, 6) is -0.679. The number of halogens is 1. The lowest BCUT2D eigenvalue weighted by molar-refractivity contribution is 0.0316. The van der Waals surface area contributed by atoms with E-state index in [-0.39, 0.29) is 17.1 Å². The van der Waals surface area contributed by atoms with Gasteiger partial charge in [0.15, 0.2) is 6.10 Å². The van der Waals surface area contributed by atoms with Gasteiger partial charge in [-0.3, -0.25) is 4.79 Å². The lowest BCUT2D eigenvalue weighted by Crippen LogP contribution is -2.24. The fourth-order valence-corrected chi connectivity index (χ4v) is 2.30. The third kappa shape index (κ3) is 4.10. The van der Waals surface area contributed by atoms with E-state index < -0.39 is 12.1 Å². The molecule has 0 saturated carbocycles. The van der Waals surface area contributed by atoms with Crippen molar-refractivity contribution in [3.63, 3.8) is 0 Å². The predicted octanol–water partition coefficient (Wildman–Crippen LogP) is 3.59. The number of ether oxygens (including phenoxy) is 2. The van der Waals surface area contributed by atoms with Crippen LogP contribution in [0.5, 0.6) is 11.5 Å². The number of carbonyl (C=O) groups excluding carboxylic acids is 2. The quantitative estimate of drug-likeness (QED) is 0.635. The summed E-state index contributed by atoms with van der Waals surface area (Å²) in [6.07, 6.45) is -0.978. The Kier molecular flexibility index (Phi) is 5.39. The van der Waals surface area contributed by atoms with E-state index in [1.165, 1.54) is 26.2 Å². The van der Waals surface area contributed by atoms with Gasteiger partial charge in [-0.1, -0.05) is 15.9 Å². The highest BCUT2D eigenvalue weighted by Crippen LogP contribution is 2.23. The molecular formula is C17H15BrO5. The van der Waals surface area contributed by atoms with Crippen LogP contribution >= 0.6 is 15.9 Å². The van der Waals surface area contributed by atoms with E-state index in [4.69, 9.17) is 9.47 Å². The van der Waals surface area contributed by atoms with Gasteiger partial charge >= 0.3 is 5.97 Å². The third-order valence-corrected chi connectivity index (χ3v) is 3.70. The van der Waals surface area contributed by atoms with E-state index >= 15 is 0 Å². The Hall–Kier alpha value is -2.34. The molecule has 0 radical (unpaired) electrons. The van der Waals surface area contributed by atoms with E-state index in [9.17, 15) is 14.7 Å². The van der Waals surface area contributed by atoms with Crippen LogP contribution in [-0.2, 0) is 4.74 Å². The molecule has 6 heteroatoms. The number of aromatic hydroxyl groups is 1. The number of benzene rings is 2. The minimum Gasteiger partial charge on any atom is -0.507 e. The van der Waals surface area contributed by atoms with Crippen molar-refractivity contribution in [2.45, 2.75) is 13.0 Å². The fourth-order valence-electron chi connectivity index (χ4n) is 1.94. The molecule has 0 unspecified atom stereocenters. The second-order valence-electron chi connectivity index (χ2n) is 4.80.